The molecule has 2 aromatic heterocycles. The average Bonchev–Trinajstić information content (AvgIpc) is 3.46. The van der Waals surface area contributed by atoms with E-state index < -0.39 is 0 Å². The summed E-state index contributed by atoms with van der Waals surface area (Å²) in [4.78, 5) is 26.8. The van der Waals surface area contributed by atoms with Crippen LogP contribution < -0.4 is 5.32 Å². The lowest BCUT2D eigenvalue weighted by Crippen LogP contribution is -2.48. The maximum Gasteiger partial charge on any atom is 0.240 e. The number of hydrogen-bond donors (Lipinski definition) is 1. The predicted octanol–water partition coefficient (Wildman–Crippen LogP) is 4.45. The van der Waals surface area contributed by atoms with Crippen LogP contribution in [0.15, 0.2) is 78.9 Å². The molecule has 36 heavy (non-hydrogen) atoms. The number of amides is 1. The van der Waals surface area contributed by atoms with Crippen molar-refractivity contribution in [1.82, 2.24) is 24.3 Å². The monoisotopic (exact) mass is 496 g/mol. The van der Waals surface area contributed by atoms with E-state index in [9.17, 15) is 4.79 Å². The largest absolute Gasteiger partial charge is 0.322 e. The number of nitrogens with one attached hydrogen (secondary N) is 1. The van der Waals surface area contributed by atoms with Gasteiger partial charge in [-0.2, -0.15) is 0 Å². The fraction of sp³-hybridized carbons (Fsp3) is 0.250. The van der Waals surface area contributed by atoms with Crippen LogP contribution in [0.1, 0.15) is 11.4 Å². The second kappa shape index (κ2) is 10.2. The van der Waals surface area contributed by atoms with Gasteiger partial charge in [0.1, 0.15) is 5.82 Å². The maximum absolute atomic E-state index is 12.6. The highest BCUT2D eigenvalue weighted by Gasteiger charge is 2.22. The highest BCUT2D eigenvalue weighted by molar-refractivity contribution is 7.22. The normalized spacial score (nSPS) is 15.0. The Labute approximate surface area is 214 Å². The smallest absolute Gasteiger partial charge is 0.240 e. The first-order valence-electron chi connectivity index (χ1n) is 12.3. The Morgan fingerprint density at radius 3 is 2.28 bits per heavy atom. The van der Waals surface area contributed by atoms with Crippen molar-refractivity contribution in [2.45, 2.75) is 13.1 Å². The van der Waals surface area contributed by atoms with Gasteiger partial charge in [0.2, 0.25) is 5.91 Å². The Kier molecular flexibility index (Phi) is 6.46. The van der Waals surface area contributed by atoms with Crippen LogP contribution in [0, 0.1) is 0 Å². The van der Waals surface area contributed by atoms with Gasteiger partial charge in [0.05, 0.1) is 34.3 Å². The number of carbonyl (C=O) groups excluding carboxylic acids is 1. The number of anilines is 1. The first-order chi connectivity index (χ1) is 17.7. The molecular formula is C28H28N6OS. The van der Waals surface area contributed by atoms with E-state index in [4.69, 9.17) is 4.98 Å². The SMILES string of the molecule is O=C(CN1CCN(Cc2nc3ccccc3n2Cc2ccccc2)CC1)Nc1nc2ccccc2s1. The first kappa shape index (κ1) is 22.8. The number of aromatic nitrogens is 3. The summed E-state index contributed by atoms with van der Waals surface area (Å²) < 4.78 is 3.42. The molecule has 1 amide bonds. The minimum Gasteiger partial charge on any atom is -0.322 e. The van der Waals surface area contributed by atoms with Crippen LogP contribution in [0.4, 0.5) is 5.13 Å². The number of imidazole rings is 1. The molecule has 8 heteroatoms. The van der Waals surface area contributed by atoms with Gasteiger partial charge in [0, 0.05) is 32.7 Å². The van der Waals surface area contributed by atoms with Crippen molar-refractivity contribution in [3.05, 3.63) is 90.3 Å². The molecule has 0 atom stereocenters. The number of benzene rings is 3. The van der Waals surface area contributed by atoms with Gasteiger partial charge < -0.3 is 9.88 Å². The Morgan fingerprint density at radius 1 is 0.778 bits per heavy atom. The Hall–Kier alpha value is -3.59. The molecule has 0 unspecified atom stereocenters. The van der Waals surface area contributed by atoms with Crippen LogP contribution in [0.2, 0.25) is 0 Å². The molecule has 3 aromatic carbocycles. The lowest BCUT2D eigenvalue weighted by Gasteiger charge is -2.34. The number of nitrogens with zero attached hydrogens (tertiary/aromatic N) is 5. The van der Waals surface area contributed by atoms with Crippen molar-refractivity contribution in [2.24, 2.45) is 0 Å². The van der Waals surface area contributed by atoms with Crippen LogP contribution in [-0.2, 0) is 17.9 Å². The van der Waals surface area contributed by atoms with Gasteiger partial charge in [-0.05, 0) is 29.8 Å². The second-order valence-electron chi connectivity index (χ2n) is 9.18. The third-order valence-electron chi connectivity index (χ3n) is 6.65. The summed E-state index contributed by atoms with van der Waals surface area (Å²) in [5.74, 6) is 1.08. The van der Waals surface area contributed by atoms with Crippen LogP contribution in [0.25, 0.3) is 21.3 Å². The zero-order valence-corrected chi connectivity index (χ0v) is 20.8. The third kappa shape index (κ3) is 5.02. The summed E-state index contributed by atoms with van der Waals surface area (Å²) in [6.07, 6.45) is 0. The zero-order chi connectivity index (χ0) is 24.3. The van der Waals surface area contributed by atoms with Gasteiger partial charge in [-0.25, -0.2) is 9.97 Å². The molecule has 6 rings (SSSR count). The fourth-order valence-electron chi connectivity index (χ4n) is 4.78. The summed E-state index contributed by atoms with van der Waals surface area (Å²) in [6.45, 7) is 5.51. The topological polar surface area (TPSA) is 66.3 Å². The minimum absolute atomic E-state index is 0.00726. The van der Waals surface area contributed by atoms with Crippen molar-refractivity contribution >= 4 is 43.6 Å². The molecule has 1 aliphatic rings. The van der Waals surface area contributed by atoms with Gasteiger partial charge in [0.15, 0.2) is 5.13 Å². The highest BCUT2D eigenvalue weighted by atomic mass is 32.1. The Morgan fingerprint density at radius 2 is 1.47 bits per heavy atom. The second-order valence-corrected chi connectivity index (χ2v) is 10.2. The Balaban J connectivity index is 1.07. The fourth-order valence-corrected chi connectivity index (χ4v) is 5.66. The molecule has 0 spiro atoms. The van der Waals surface area contributed by atoms with Gasteiger partial charge in [-0.1, -0.05) is 65.9 Å². The van der Waals surface area contributed by atoms with Gasteiger partial charge in [0.25, 0.3) is 0 Å². The summed E-state index contributed by atoms with van der Waals surface area (Å²) in [5, 5.41) is 3.64. The van der Waals surface area contributed by atoms with Gasteiger partial charge >= 0.3 is 0 Å². The predicted molar refractivity (Wildman–Crippen MR) is 145 cm³/mol. The summed E-state index contributed by atoms with van der Waals surface area (Å²) >= 11 is 1.51. The Bertz CT molecular complexity index is 1450. The number of rotatable bonds is 7. The van der Waals surface area contributed by atoms with Crippen molar-refractivity contribution in [2.75, 3.05) is 38.0 Å². The van der Waals surface area contributed by atoms with Crippen LogP contribution in [0.3, 0.4) is 0 Å². The zero-order valence-electron chi connectivity index (χ0n) is 20.0. The van der Waals surface area contributed by atoms with E-state index in [-0.39, 0.29) is 5.91 Å². The van der Waals surface area contributed by atoms with E-state index in [1.807, 2.05) is 30.3 Å². The van der Waals surface area contributed by atoms with Crippen molar-refractivity contribution in [3.63, 3.8) is 0 Å². The highest BCUT2D eigenvalue weighted by Crippen LogP contribution is 2.25. The molecule has 0 radical (unpaired) electrons. The molecule has 5 aromatic rings. The molecule has 1 saturated heterocycles. The molecule has 3 heterocycles. The summed E-state index contributed by atoms with van der Waals surface area (Å²) in [7, 11) is 0. The van der Waals surface area contributed by atoms with Crippen LogP contribution in [0.5, 0.6) is 0 Å². The molecule has 0 aliphatic carbocycles. The quantitative estimate of drug-likeness (QED) is 0.361. The lowest BCUT2D eigenvalue weighted by atomic mass is 10.2. The molecule has 0 bridgehead atoms. The van der Waals surface area contributed by atoms with E-state index in [1.165, 1.54) is 22.4 Å². The molecule has 7 nitrogen and oxygen atoms in total. The summed E-state index contributed by atoms with van der Waals surface area (Å²) in [5.41, 5.74) is 4.39. The number of fused-ring (bicyclic) bond motifs is 2. The van der Waals surface area contributed by atoms with E-state index in [0.717, 1.165) is 60.8 Å². The van der Waals surface area contributed by atoms with E-state index in [2.05, 4.69) is 73.2 Å². The molecule has 1 fully saturated rings. The molecule has 1 N–H and O–H groups in total. The molecule has 182 valence electrons. The standard InChI is InChI=1S/C28H28N6OS/c35-27(31-28-30-23-11-5-7-13-25(23)36-28)20-33-16-14-32(15-17-33)19-26-29-22-10-4-6-12-24(22)34(26)18-21-8-2-1-3-9-21/h1-13H,14-20H2,(H,30,31,35). The summed E-state index contributed by atoms with van der Waals surface area (Å²) in [6, 6.07) is 26.8. The maximum atomic E-state index is 12.6. The van der Waals surface area contributed by atoms with Crippen molar-refractivity contribution in [3.8, 4) is 0 Å². The van der Waals surface area contributed by atoms with Gasteiger partial charge in [-0.15, -0.1) is 0 Å². The van der Waals surface area contributed by atoms with E-state index in [0.29, 0.717) is 11.7 Å². The molecule has 1 aliphatic heterocycles. The van der Waals surface area contributed by atoms with Crippen LogP contribution >= 0.6 is 11.3 Å². The average molecular weight is 497 g/mol. The first-order valence-corrected chi connectivity index (χ1v) is 13.1. The number of para-hydroxylation sites is 3. The molecule has 0 saturated carbocycles. The van der Waals surface area contributed by atoms with Crippen molar-refractivity contribution in [1.29, 1.82) is 0 Å². The van der Waals surface area contributed by atoms with E-state index in [1.54, 1.807) is 0 Å². The number of hydrogen-bond acceptors (Lipinski definition) is 6. The van der Waals surface area contributed by atoms with Gasteiger partial charge in [-0.3, -0.25) is 14.6 Å². The van der Waals surface area contributed by atoms with Crippen LogP contribution in [-0.4, -0.2) is 63.0 Å². The number of piperazine rings is 1. The minimum atomic E-state index is -0.00726. The van der Waals surface area contributed by atoms with E-state index >= 15 is 0 Å². The lowest BCUT2D eigenvalue weighted by molar-refractivity contribution is -0.117. The number of carbonyl (C=O) groups is 1. The number of thiazole rings is 1. The molecular weight excluding hydrogens is 468 g/mol. The van der Waals surface area contributed by atoms with Crippen molar-refractivity contribution < 1.29 is 4.79 Å². The third-order valence-corrected chi connectivity index (χ3v) is 7.61.